The third-order valence-corrected chi connectivity index (χ3v) is 5.01. The molecule has 0 spiro atoms. The molecule has 1 fully saturated rings. The average molecular weight is 379 g/mol. The van der Waals surface area contributed by atoms with Crippen LogP contribution >= 0.6 is 15.9 Å². The Bertz CT molecular complexity index is 707. The first-order chi connectivity index (χ1) is 9.69. The second-order valence-electron chi connectivity index (χ2n) is 4.66. The highest BCUT2D eigenvalue weighted by molar-refractivity contribution is 9.10. The zero-order valence-electron chi connectivity index (χ0n) is 11.0. The fraction of sp³-hybridized carbons (Fsp3) is 0.333. The topological polar surface area (TPSA) is 83.6 Å². The van der Waals surface area contributed by atoms with Gasteiger partial charge in [-0.3, -0.25) is 9.59 Å². The van der Waals surface area contributed by atoms with E-state index in [1.807, 2.05) is 0 Å². The Balaban J connectivity index is 2.21. The van der Waals surface area contributed by atoms with E-state index in [4.69, 9.17) is 0 Å². The molecule has 1 unspecified atom stereocenters. The van der Waals surface area contributed by atoms with Crippen LogP contribution in [0.2, 0.25) is 0 Å². The van der Waals surface area contributed by atoms with Gasteiger partial charge in [-0.2, -0.15) is 0 Å². The van der Waals surface area contributed by atoms with Crippen molar-refractivity contribution in [1.29, 1.82) is 0 Å². The number of nitrogens with zero attached hydrogens (tertiary/aromatic N) is 1. The monoisotopic (exact) mass is 378 g/mol. The highest BCUT2D eigenvalue weighted by Gasteiger charge is 2.41. The molecule has 2 rings (SSSR count). The predicted molar refractivity (Wildman–Crippen MR) is 77.7 cm³/mol. The van der Waals surface area contributed by atoms with Gasteiger partial charge in [-0.05, 0) is 18.2 Å². The van der Waals surface area contributed by atoms with Crippen LogP contribution in [-0.2, 0) is 19.4 Å². The van der Waals surface area contributed by atoms with Crippen molar-refractivity contribution in [3.05, 3.63) is 28.5 Å². The summed E-state index contributed by atoms with van der Waals surface area (Å²) >= 11 is 3.09. The van der Waals surface area contributed by atoms with Crippen LogP contribution < -0.4 is 5.32 Å². The predicted octanol–water partition coefficient (Wildman–Crippen LogP) is 1.13. The standard InChI is InChI=1S/C12H12BrFN2O4S/c1-7(17)16-6-21(19,20)5-11(16)12(18)15-10-3-2-8(13)4-9(10)14/h2-4,11H,5-6H2,1H3,(H,15,18). The van der Waals surface area contributed by atoms with Crippen LogP contribution in [0.4, 0.5) is 10.1 Å². The fourth-order valence-corrected chi connectivity index (χ4v) is 4.06. The van der Waals surface area contributed by atoms with Gasteiger partial charge in [0.15, 0.2) is 9.84 Å². The van der Waals surface area contributed by atoms with E-state index in [0.717, 1.165) is 4.90 Å². The van der Waals surface area contributed by atoms with E-state index in [1.54, 1.807) is 0 Å². The SMILES string of the molecule is CC(=O)N1CS(=O)(=O)CC1C(=O)Nc1ccc(Br)cc1F. The van der Waals surface area contributed by atoms with Crippen LogP contribution in [0, 0.1) is 5.82 Å². The first kappa shape index (κ1) is 15.9. The number of rotatable bonds is 2. The summed E-state index contributed by atoms with van der Waals surface area (Å²) in [5.74, 6) is -2.87. The molecule has 1 heterocycles. The maximum absolute atomic E-state index is 13.7. The first-order valence-electron chi connectivity index (χ1n) is 5.93. The molecule has 1 aliphatic heterocycles. The van der Waals surface area contributed by atoms with Crippen molar-refractivity contribution in [2.45, 2.75) is 13.0 Å². The van der Waals surface area contributed by atoms with E-state index in [0.29, 0.717) is 4.47 Å². The Labute approximate surface area is 129 Å². The molecule has 1 N–H and O–H groups in total. The van der Waals surface area contributed by atoms with Gasteiger partial charge in [0.2, 0.25) is 11.8 Å². The number of hydrogen-bond acceptors (Lipinski definition) is 4. The molecule has 0 radical (unpaired) electrons. The number of benzene rings is 1. The molecule has 0 saturated carbocycles. The van der Waals surface area contributed by atoms with Gasteiger partial charge in [-0.1, -0.05) is 15.9 Å². The molecule has 0 aromatic heterocycles. The van der Waals surface area contributed by atoms with Gasteiger partial charge in [0, 0.05) is 11.4 Å². The molecular weight excluding hydrogens is 367 g/mol. The molecule has 1 aromatic carbocycles. The number of halogens is 2. The van der Waals surface area contributed by atoms with Gasteiger partial charge >= 0.3 is 0 Å². The number of anilines is 1. The van der Waals surface area contributed by atoms with Gasteiger partial charge in [-0.25, -0.2) is 12.8 Å². The Hall–Kier alpha value is -1.48. The highest BCUT2D eigenvalue weighted by Crippen LogP contribution is 2.22. The number of carbonyl (C=O) groups excluding carboxylic acids is 2. The maximum atomic E-state index is 13.7. The number of amides is 2. The van der Waals surface area contributed by atoms with Crippen molar-refractivity contribution in [3.8, 4) is 0 Å². The molecule has 0 bridgehead atoms. The van der Waals surface area contributed by atoms with Gasteiger partial charge in [-0.15, -0.1) is 0 Å². The van der Waals surface area contributed by atoms with Crippen molar-refractivity contribution < 1.29 is 22.4 Å². The number of nitrogens with one attached hydrogen (secondary N) is 1. The summed E-state index contributed by atoms with van der Waals surface area (Å²) in [5.41, 5.74) is -0.0731. The van der Waals surface area contributed by atoms with Gasteiger partial charge in [0.25, 0.3) is 0 Å². The Morgan fingerprint density at radius 2 is 2.10 bits per heavy atom. The van der Waals surface area contributed by atoms with E-state index in [9.17, 15) is 22.4 Å². The lowest BCUT2D eigenvalue weighted by Crippen LogP contribution is -2.43. The summed E-state index contributed by atoms with van der Waals surface area (Å²) in [4.78, 5) is 24.5. The second kappa shape index (κ2) is 5.72. The molecular formula is C12H12BrFN2O4S. The van der Waals surface area contributed by atoms with Crippen LogP contribution in [0.5, 0.6) is 0 Å². The molecule has 9 heteroatoms. The van der Waals surface area contributed by atoms with Crippen LogP contribution in [0.1, 0.15) is 6.92 Å². The Morgan fingerprint density at radius 3 is 2.67 bits per heavy atom. The van der Waals surface area contributed by atoms with Crippen LogP contribution in [0.3, 0.4) is 0 Å². The fourth-order valence-electron chi connectivity index (χ4n) is 2.02. The molecule has 1 aliphatic rings. The number of hydrogen-bond donors (Lipinski definition) is 1. The van der Waals surface area contributed by atoms with Crippen molar-refractivity contribution in [3.63, 3.8) is 0 Å². The van der Waals surface area contributed by atoms with Crippen molar-refractivity contribution >= 4 is 43.3 Å². The zero-order chi connectivity index (χ0) is 15.8. The zero-order valence-corrected chi connectivity index (χ0v) is 13.4. The number of carbonyl (C=O) groups is 2. The minimum Gasteiger partial charge on any atom is -0.322 e. The summed E-state index contributed by atoms with van der Waals surface area (Å²) < 4.78 is 37.3. The van der Waals surface area contributed by atoms with E-state index >= 15 is 0 Å². The van der Waals surface area contributed by atoms with E-state index < -0.39 is 45.1 Å². The Morgan fingerprint density at radius 1 is 1.43 bits per heavy atom. The minimum atomic E-state index is -3.50. The quantitative estimate of drug-likeness (QED) is 0.835. The molecule has 114 valence electrons. The Kier molecular flexibility index (Phi) is 4.33. The minimum absolute atomic E-state index is 0.0731. The molecule has 1 saturated heterocycles. The van der Waals surface area contributed by atoms with Gasteiger partial charge in [0.05, 0.1) is 11.4 Å². The van der Waals surface area contributed by atoms with E-state index in [2.05, 4.69) is 21.2 Å². The average Bonchev–Trinajstić information content (AvgIpc) is 2.69. The molecule has 6 nitrogen and oxygen atoms in total. The lowest BCUT2D eigenvalue weighted by atomic mass is 10.2. The van der Waals surface area contributed by atoms with Crippen molar-refractivity contribution in [1.82, 2.24) is 4.90 Å². The van der Waals surface area contributed by atoms with Crippen LogP contribution in [0.15, 0.2) is 22.7 Å². The van der Waals surface area contributed by atoms with Crippen LogP contribution in [-0.4, -0.2) is 42.8 Å². The summed E-state index contributed by atoms with van der Waals surface area (Å²) in [7, 11) is -3.50. The lowest BCUT2D eigenvalue weighted by Gasteiger charge is -2.20. The first-order valence-corrected chi connectivity index (χ1v) is 8.54. The largest absolute Gasteiger partial charge is 0.322 e. The van der Waals surface area contributed by atoms with Crippen LogP contribution in [0.25, 0.3) is 0 Å². The highest BCUT2D eigenvalue weighted by atomic mass is 79.9. The summed E-state index contributed by atoms with van der Waals surface area (Å²) in [6.07, 6.45) is 0. The summed E-state index contributed by atoms with van der Waals surface area (Å²) in [5, 5.41) is 2.31. The maximum Gasteiger partial charge on any atom is 0.248 e. The molecule has 21 heavy (non-hydrogen) atoms. The summed E-state index contributed by atoms with van der Waals surface area (Å²) in [6.45, 7) is 1.18. The van der Waals surface area contributed by atoms with Crippen molar-refractivity contribution in [2.75, 3.05) is 16.9 Å². The lowest BCUT2D eigenvalue weighted by molar-refractivity contribution is -0.134. The number of sulfone groups is 1. The second-order valence-corrected chi connectivity index (χ2v) is 7.65. The summed E-state index contributed by atoms with van der Waals surface area (Å²) in [6, 6.07) is 2.91. The van der Waals surface area contributed by atoms with E-state index in [-0.39, 0.29) is 5.69 Å². The molecule has 2 amide bonds. The molecule has 1 aromatic rings. The third kappa shape index (κ3) is 3.59. The van der Waals surface area contributed by atoms with E-state index in [1.165, 1.54) is 25.1 Å². The molecule has 0 aliphatic carbocycles. The molecule has 1 atom stereocenters. The van der Waals surface area contributed by atoms with Crippen molar-refractivity contribution in [2.24, 2.45) is 0 Å². The van der Waals surface area contributed by atoms with Gasteiger partial charge in [0.1, 0.15) is 17.7 Å². The normalized spacial score (nSPS) is 20.3. The smallest absolute Gasteiger partial charge is 0.248 e. The van der Waals surface area contributed by atoms with Gasteiger partial charge < -0.3 is 10.2 Å². The third-order valence-electron chi connectivity index (χ3n) is 3.02.